The maximum absolute atomic E-state index is 4.31. The van der Waals surface area contributed by atoms with Gasteiger partial charge in [-0.2, -0.15) is 0 Å². The van der Waals surface area contributed by atoms with Crippen molar-refractivity contribution in [3.05, 3.63) is 0 Å². The van der Waals surface area contributed by atoms with Crippen LogP contribution in [-0.2, 0) is 0 Å². The van der Waals surface area contributed by atoms with E-state index >= 15 is 0 Å². The summed E-state index contributed by atoms with van der Waals surface area (Å²) < 4.78 is 0. The van der Waals surface area contributed by atoms with Gasteiger partial charge in [-0.25, -0.2) is 0 Å². The van der Waals surface area contributed by atoms with Gasteiger partial charge in [0.15, 0.2) is 0 Å². The maximum atomic E-state index is 4.31. The first-order chi connectivity index (χ1) is 4.31. The Hall–Kier alpha value is -0.330. The molecule has 0 N–H and O–H groups in total. The lowest BCUT2D eigenvalue weighted by molar-refractivity contribution is 0.717. The fourth-order valence-corrected chi connectivity index (χ4v) is 0.489. The van der Waals surface area contributed by atoms with Gasteiger partial charge in [-0.1, -0.05) is 20.3 Å². The Balaban J connectivity index is 3.20. The average molecular weight is 127 g/mol. The van der Waals surface area contributed by atoms with Crippen LogP contribution in [0.25, 0.3) is 0 Å². The van der Waals surface area contributed by atoms with E-state index in [1.54, 1.807) is 0 Å². The molecule has 0 aliphatic carbocycles. The average Bonchev–Trinajstić information content (AvgIpc) is 1.89. The third-order valence-corrected chi connectivity index (χ3v) is 1.37. The molecule has 1 heteroatoms. The molecule has 0 aliphatic rings. The van der Waals surface area contributed by atoms with Crippen molar-refractivity contribution in [2.24, 2.45) is 4.99 Å². The molecular formula is C8H17N. The molecule has 0 aromatic carbocycles. The lowest BCUT2D eigenvalue weighted by Gasteiger charge is -1.97. The molecule has 0 bridgehead atoms. The fourth-order valence-electron chi connectivity index (χ4n) is 0.489. The van der Waals surface area contributed by atoms with Crippen molar-refractivity contribution in [1.29, 1.82) is 0 Å². The summed E-state index contributed by atoms with van der Waals surface area (Å²) in [4.78, 5) is 4.31. The zero-order valence-electron chi connectivity index (χ0n) is 6.72. The molecule has 1 atom stereocenters. The normalized spacial score (nSPS) is 14.6. The molecule has 0 amide bonds. The van der Waals surface area contributed by atoms with Gasteiger partial charge in [0, 0.05) is 6.04 Å². The van der Waals surface area contributed by atoms with E-state index in [1.165, 1.54) is 6.42 Å². The van der Waals surface area contributed by atoms with E-state index in [-0.39, 0.29) is 0 Å². The van der Waals surface area contributed by atoms with E-state index in [1.807, 2.05) is 6.21 Å². The summed E-state index contributed by atoms with van der Waals surface area (Å²) in [6.07, 6.45) is 5.53. The van der Waals surface area contributed by atoms with Crippen LogP contribution in [0.4, 0.5) is 0 Å². The SMILES string of the molecule is CCCC=NC(C)CC. The van der Waals surface area contributed by atoms with Gasteiger partial charge in [0.25, 0.3) is 0 Å². The molecule has 0 saturated carbocycles. The highest BCUT2D eigenvalue weighted by Crippen LogP contribution is 1.93. The third kappa shape index (κ3) is 5.54. The van der Waals surface area contributed by atoms with Crippen molar-refractivity contribution in [3.63, 3.8) is 0 Å². The highest BCUT2D eigenvalue weighted by molar-refractivity contribution is 5.57. The first-order valence-electron chi connectivity index (χ1n) is 3.82. The lowest BCUT2D eigenvalue weighted by atomic mass is 10.3. The van der Waals surface area contributed by atoms with Crippen molar-refractivity contribution in [2.45, 2.75) is 46.1 Å². The molecule has 54 valence electrons. The van der Waals surface area contributed by atoms with E-state index < -0.39 is 0 Å². The van der Waals surface area contributed by atoms with Crippen LogP contribution < -0.4 is 0 Å². The molecule has 0 aromatic heterocycles. The Bertz CT molecular complexity index is 76.6. The van der Waals surface area contributed by atoms with Crippen molar-refractivity contribution in [2.75, 3.05) is 0 Å². The minimum Gasteiger partial charge on any atom is -0.295 e. The summed E-state index contributed by atoms with van der Waals surface area (Å²) in [6, 6.07) is 0.525. The van der Waals surface area contributed by atoms with Crippen LogP contribution in [0.2, 0.25) is 0 Å². The van der Waals surface area contributed by atoms with Gasteiger partial charge in [0.05, 0.1) is 0 Å². The monoisotopic (exact) mass is 127 g/mol. The molecule has 0 aromatic rings. The quantitative estimate of drug-likeness (QED) is 0.515. The van der Waals surface area contributed by atoms with Crippen LogP contribution in [0, 0.1) is 0 Å². The predicted molar refractivity (Wildman–Crippen MR) is 43.2 cm³/mol. The number of nitrogens with zero attached hydrogens (tertiary/aromatic N) is 1. The molecule has 0 fully saturated rings. The Morgan fingerprint density at radius 2 is 2.11 bits per heavy atom. The van der Waals surface area contributed by atoms with E-state index in [2.05, 4.69) is 25.8 Å². The van der Waals surface area contributed by atoms with E-state index in [4.69, 9.17) is 0 Å². The Morgan fingerprint density at radius 1 is 1.44 bits per heavy atom. The molecule has 1 nitrogen and oxygen atoms in total. The van der Waals surface area contributed by atoms with Crippen LogP contribution in [0.5, 0.6) is 0 Å². The second-order valence-corrected chi connectivity index (χ2v) is 2.38. The zero-order valence-corrected chi connectivity index (χ0v) is 6.72. The first-order valence-corrected chi connectivity index (χ1v) is 3.82. The largest absolute Gasteiger partial charge is 0.295 e. The van der Waals surface area contributed by atoms with Gasteiger partial charge in [0.1, 0.15) is 0 Å². The van der Waals surface area contributed by atoms with E-state index in [0.717, 1.165) is 12.8 Å². The van der Waals surface area contributed by atoms with Gasteiger partial charge in [-0.15, -0.1) is 0 Å². The molecule has 0 heterocycles. The lowest BCUT2D eigenvalue weighted by Crippen LogP contribution is -1.93. The predicted octanol–water partition coefficient (Wildman–Crippen LogP) is 2.66. The van der Waals surface area contributed by atoms with Crippen LogP contribution in [-0.4, -0.2) is 12.3 Å². The highest BCUT2D eigenvalue weighted by atomic mass is 14.7. The molecule has 0 spiro atoms. The third-order valence-electron chi connectivity index (χ3n) is 1.37. The topological polar surface area (TPSA) is 12.4 Å². The summed E-state index contributed by atoms with van der Waals surface area (Å²) >= 11 is 0. The molecule has 0 rings (SSSR count). The number of aliphatic imine (C=N–C) groups is 1. The maximum Gasteiger partial charge on any atom is 0.0464 e. The summed E-state index contributed by atoms with van der Waals surface area (Å²) in [5, 5.41) is 0. The number of unbranched alkanes of at least 4 members (excludes halogenated alkanes) is 1. The smallest absolute Gasteiger partial charge is 0.0464 e. The Labute approximate surface area is 58.2 Å². The Morgan fingerprint density at radius 3 is 2.56 bits per heavy atom. The number of hydrogen-bond donors (Lipinski definition) is 0. The first kappa shape index (κ1) is 8.67. The molecule has 0 radical (unpaired) electrons. The summed E-state index contributed by atoms with van der Waals surface area (Å²) in [7, 11) is 0. The second kappa shape index (κ2) is 5.80. The minimum absolute atomic E-state index is 0.525. The summed E-state index contributed by atoms with van der Waals surface area (Å²) in [6.45, 7) is 6.47. The second-order valence-electron chi connectivity index (χ2n) is 2.38. The van der Waals surface area contributed by atoms with Crippen molar-refractivity contribution in [1.82, 2.24) is 0 Å². The standard InChI is InChI=1S/C8H17N/c1-4-6-7-9-8(3)5-2/h7-8H,4-6H2,1-3H3. The Kier molecular flexibility index (Phi) is 5.59. The number of hydrogen-bond acceptors (Lipinski definition) is 1. The highest BCUT2D eigenvalue weighted by Gasteiger charge is 1.88. The van der Waals surface area contributed by atoms with Crippen molar-refractivity contribution < 1.29 is 0 Å². The van der Waals surface area contributed by atoms with Gasteiger partial charge >= 0.3 is 0 Å². The minimum atomic E-state index is 0.525. The fraction of sp³-hybridized carbons (Fsp3) is 0.875. The van der Waals surface area contributed by atoms with Crippen LogP contribution in [0.15, 0.2) is 4.99 Å². The van der Waals surface area contributed by atoms with Crippen LogP contribution >= 0.6 is 0 Å². The molecular weight excluding hydrogens is 110 g/mol. The van der Waals surface area contributed by atoms with Gasteiger partial charge in [-0.3, -0.25) is 4.99 Å². The van der Waals surface area contributed by atoms with E-state index in [0.29, 0.717) is 6.04 Å². The van der Waals surface area contributed by atoms with Gasteiger partial charge in [0.2, 0.25) is 0 Å². The zero-order chi connectivity index (χ0) is 7.11. The molecule has 0 saturated heterocycles. The van der Waals surface area contributed by atoms with Crippen molar-refractivity contribution in [3.8, 4) is 0 Å². The van der Waals surface area contributed by atoms with Gasteiger partial charge < -0.3 is 0 Å². The molecule has 9 heavy (non-hydrogen) atoms. The summed E-state index contributed by atoms with van der Waals surface area (Å²) in [5.41, 5.74) is 0. The van der Waals surface area contributed by atoms with Crippen molar-refractivity contribution >= 4 is 6.21 Å². The molecule has 1 unspecified atom stereocenters. The van der Waals surface area contributed by atoms with E-state index in [9.17, 15) is 0 Å². The van der Waals surface area contributed by atoms with Crippen LogP contribution in [0.1, 0.15) is 40.0 Å². The van der Waals surface area contributed by atoms with Crippen LogP contribution in [0.3, 0.4) is 0 Å². The summed E-state index contributed by atoms with van der Waals surface area (Å²) in [5.74, 6) is 0. The number of rotatable bonds is 4. The molecule has 0 aliphatic heterocycles. The van der Waals surface area contributed by atoms with Gasteiger partial charge in [-0.05, 0) is 26.0 Å².